The number of methoxy groups -OCH3 is 1. The molecule has 0 aliphatic heterocycles. The van der Waals surface area contributed by atoms with Crippen LogP contribution in [0.25, 0.3) is 0 Å². The van der Waals surface area contributed by atoms with Crippen LogP contribution in [-0.4, -0.2) is 42.4 Å². The molecule has 0 saturated heterocycles. The molecule has 1 aromatic carbocycles. The molecular weight excluding hydrogens is 260 g/mol. The highest BCUT2D eigenvalue weighted by Crippen LogP contribution is 2.27. The summed E-state index contributed by atoms with van der Waals surface area (Å²) in [6, 6.07) is 3.76. The first-order valence-corrected chi connectivity index (χ1v) is 6.50. The molecule has 0 bridgehead atoms. The molecule has 6 heteroatoms. The van der Waals surface area contributed by atoms with E-state index in [0.717, 1.165) is 0 Å². The van der Waals surface area contributed by atoms with Crippen molar-refractivity contribution in [2.75, 3.05) is 20.3 Å². The lowest BCUT2D eigenvalue weighted by Gasteiger charge is -2.20. The fourth-order valence-electron chi connectivity index (χ4n) is 1.87. The molecule has 0 aliphatic rings. The Hall–Kier alpha value is -1.79. The van der Waals surface area contributed by atoms with E-state index in [1.807, 2.05) is 6.92 Å². The zero-order valence-electron chi connectivity index (χ0n) is 12.0. The van der Waals surface area contributed by atoms with Gasteiger partial charge in [0.1, 0.15) is 11.5 Å². The molecule has 20 heavy (non-hydrogen) atoms. The molecule has 1 aromatic rings. The quantitative estimate of drug-likeness (QED) is 0.558. The van der Waals surface area contributed by atoms with Crippen molar-refractivity contribution in [2.24, 2.45) is 0 Å². The van der Waals surface area contributed by atoms with Crippen molar-refractivity contribution in [1.29, 1.82) is 0 Å². The van der Waals surface area contributed by atoms with Crippen LogP contribution in [0.15, 0.2) is 18.2 Å². The number of aromatic hydroxyl groups is 2. The molecule has 4 N–H and O–H groups in total. The smallest absolute Gasteiger partial charge is 0.236 e. The number of ether oxygens (including phenoxy) is 1. The zero-order chi connectivity index (χ0) is 15.1. The highest BCUT2D eigenvalue weighted by molar-refractivity contribution is 5.81. The van der Waals surface area contributed by atoms with E-state index in [0.29, 0.717) is 18.7 Å². The van der Waals surface area contributed by atoms with Crippen molar-refractivity contribution in [1.82, 2.24) is 10.6 Å². The molecule has 0 aromatic heterocycles. The Labute approximate surface area is 118 Å². The SMILES string of the molecule is COCCNC(=O)C(C)NC(C)c1ccc(O)cc1O. The molecular formula is C14H22N2O4. The molecule has 0 fully saturated rings. The van der Waals surface area contributed by atoms with E-state index in [1.165, 1.54) is 12.1 Å². The minimum Gasteiger partial charge on any atom is -0.508 e. The summed E-state index contributed by atoms with van der Waals surface area (Å²) in [5.74, 6) is -0.132. The highest BCUT2D eigenvalue weighted by Gasteiger charge is 2.17. The van der Waals surface area contributed by atoms with Crippen LogP contribution in [0.4, 0.5) is 0 Å². The van der Waals surface area contributed by atoms with E-state index in [9.17, 15) is 15.0 Å². The van der Waals surface area contributed by atoms with Crippen LogP contribution in [0.5, 0.6) is 11.5 Å². The number of carbonyl (C=O) groups excluding carboxylic acids is 1. The predicted molar refractivity (Wildman–Crippen MR) is 75.7 cm³/mol. The Morgan fingerprint density at radius 3 is 2.65 bits per heavy atom. The molecule has 0 spiro atoms. The van der Waals surface area contributed by atoms with Gasteiger partial charge in [-0.2, -0.15) is 0 Å². The van der Waals surface area contributed by atoms with Gasteiger partial charge in [-0.15, -0.1) is 0 Å². The highest BCUT2D eigenvalue weighted by atomic mass is 16.5. The summed E-state index contributed by atoms with van der Waals surface area (Å²) in [4.78, 5) is 11.8. The largest absolute Gasteiger partial charge is 0.508 e. The first-order chi connectivity index (χ1) is 9.45. The van der Waals surface area contributed by atoms with Gasteiger partial charge >= 0.3 is 0 Å². The van der Waals surface area contributed by atoms with Crippen LogP contribution in [0.1, 0.15) is 25.5 Å². The Kier molecular flexibility index (Phi) is 6.27. The average Bonchev–Trinajstić information content (AvgIpc) is 2.38. The first kappa shape index (κ1) is 16.3. The molecule has 0 aliphatic carbocycles. The van der Waals surface area contributed by atoms with E-state index in [2.05, 4.69) is 10.6 Å². The van der Waals surface area contributed by atoms with E-state index in [-0.39, 0.29) is 23.4 Å². The van der Waals surface area contributed by atoms with Crippen LogP contribution >= 0.6 is 0 Å². The molecule has 1 rings (SSSR count). The number of nitrogens with one attached hydrogen (secondary N) is 2. The summed E-state index contributed by atoms with van der Waals surface area (Å²) in [7, 11) is 1.57. The topological polar surface area (TPSA) is 90.8 Å². The lowest BCUT2D eigenvalue weighted by Crippen LogP contribution is -2.44. The van der Waals surface area contributed by atoms with Crippen LogP contribution in [-0.2, 0) is 9.53 Å². The van der Waals surface area contributed by atoms with E-state index < -0.39 is 6.04 Å². The first-order valence-electron chi connectivity index (χ1n) is 6.50. The molecule has 2 atom stereocenters. The van der Waals surface area contributed by atoms with Crippen molar-refractivity contribution in [3.8, 4) is 11.5 Å². The number of hydrogen-bond acceptors (Lipinski definition) is 5. The van der Waals surface area contributed by atoms with Crippen molar-refractivity contribution in [3.63, 3.8) is 0 Å². The van der Waals surface area contributed by atoms with E-state index >= 15 is 0 Å². The van der Waals surface area contributed by atoms with Crippen LogP contribution in [0, 0.1) is 0 Å². The monoisotopic (exact) mass is 282 g/mol. The lowest BCUT2D eigenvalue weighted by atomic mass is 10.1. The van der Waals surface area contributed by atoms with Gasteiger partial charge in [0.15, 0.2) is 0 Å². The van der Waals surface area contributed by atoms with Crippen molar-refractivity contribution < 1.29 is 19.7 Å². The second-order valence-electron chi connectivity index (χ2n) is 4.64. The second-order valence-corrected chi connectivity index (χ2v) is 4.64. The number of benzene rings is 1. The van der Waals surface area contributed by atoms with Gasteiger partial charge in [0.2, 0.25) is 5.91 Å². The van der Waals surface area contributed by atoms with Gasteiger partial charge in [-0.25, -0.2) is 0 Å². The molecule has 2 unspecified atom stereocenters. The van der Waals surface area contributed by atoms with Crippen molar-refractivity contribution in [2.45, 2.75) is 25.9 Å². The summed E-state index contributed by atoms with van der Waals surface area (Å²) < 4.78 is 4.86. The predicted octanol–water partition coefficient (Wildman–Crippen LogP) is 0.899. The average molecular weight is 282 g/mol. The molecule has 0 radical (unpaired) electrons. The van der Waals surface area contributed by atoms with Gasteiger partial charge in [-0.1, -0.05) is 6.07 Å². The van der Waals surface area contributed by atoms with Gasteiger partial charge in [-0.3, -0.25) is 10.1 Å². The summed E-state index contributed by atoms with van der Waals surface area (Å²) >= 11 is 0. The maximum Gasteiger partial charge on any atom is 0.236 e. The third-order valence-electron chi connectivity index (χ3n) is 2.98. The number of phenolic OH excluding ortho intramolecular Hbond substituents is 2. The molecule has 6 nitrogen and oxygen atoms in total. The Balaban J connectivity index is 2.56. The Bertz CT molecular complexity index is 451. The van der Waals surface area contributed by atoms with Gasteiger partial charge < -0.3 is 20.3 Å². The minimum absolute atomic E-state index is 0.00279. The third kappa shape index (κ3) is 4.71. The Morgan fingerprint density at radius 1 is 1.35 bits per heavy atom. The van der Waals surface area contributed by atoms with Gasteiger partial charge in [0, 0.05) is 31.3 Å². The number of amides is 1. The molecule has 0 saturated carbocycles. The molecule has 1 amide bonds. The number of carbonyl (C=O) groups is 1. The fraction of sp³-hybridized carbons (Fsp3) is 0.500. The number of rotatable bonds is 7. The number of hydrogen-bond donors (Lipinski definition) is 4. The molecule has 0 heterocycles. The van der Waals surface area contributed by atoms with Gasteiger partial charge in [0.25, 0.3) is 0 Å². The molecule has 112 valence electrons. The summed E-state index contributed by atoms with van der Waals surface area (Å²) in [6.45, 7) is 4.51. The summed E-state index contributed by atoms with van der Waals surface area (Å²) in [6.07, 6.45) is 0. The van der Waals surface area contributed by atoms with Gasteiger partial charge in [0.05, 0.1) is 12.6 Å². The normalized spacial score (nSPS) is 13.8. The summed E-state index contributed by atoms with van der Waals surface area (Å²) in [5, 5.41) is 24.8. The van der Waals surface area contributed by atoms with Crippen LogP contribution in [0.2, 0.25) is 0 Å². The third-order valence-corrected chi connectivity index (χ3v) is 2.98. The lowest BCUT2D eigenvalue weighted by molar-refractivity contribution is -0.123. The van der Waals surface area contributed by atoms with Crippen LogP contribution < -0.4 is 10.6 Å². The van der Waals surface area contributed by atoms with E-state index in [1.54, 1.807) is 20.1 Å². The standard InChI is InChI=1S/C14H22N2O4/c1-9(12-5-4-11(17)8-13(12)18)16-10(2)14(19)15-6-7-20-3/h4-5,8-10,16-18H,6-7H2,1-3H3,(H,15,19). The number of phenols is 2. The summed E-state index contributed by atoms with van der Waals surface area (Å²) in [5.41, 5.74) is 0.624. The van der Waals surface area contributed by atoms with Crippen molar-refractivity contribution >= 4 is 5.91 Å². The van der Waals surface area contributed by atoms with Gasteiger partial charge in [-0.05, 0) is 19.9 Å². The second kappa shape index (κ2) is 7.72. The maximum atomic E-state index is 11.8. The minimum atomic E-state index is -0.407. The van der Waals surface area contributed by atoms with E-state index in [4.69, 9.17) is 4.74 Å². The van der Waals surface area contributed by atoms with Crippen molar-refractivity contribution in [3.05, 3.63) is 23.8 Å². The maximum absolute atomic E-state index is 11.8. The van der Waals surface area contributed by atoms with Crippen LogP contribution in [0.3, 0.4) is 0 Å². The fourth-order valence-corrected chi connectivity index (χ4v) is 1.87. The zero-order valence-corrected chi connectivity index (χ0v) is 12.0. The Morgan fingerprint density at radius 2 is 2.05 bits per heavy atom.